The molecule has 2 N–H and O–H groups in total. The van der Waals surface area contributed by atoms with Gasteiger partial charge in [0.05, 0.1) is 5.56 Å². The van der Waals surface area contributed by atoms with E-state index in [0.29, 0.717) is 0 Å². The predicted octanol–water partition coefficient (Wildman–Crippen LogP) is 1.67. The molecule has 0 bridgehead atoms. The minimum atomic E-state index is -0.575. The van der Waals surface area contributed by atoms with Gasteiger partial charge in [0.15, 0.2) is 11.5 Å². The highest BCUT2D eigenvalue weighted by molar-refractivity contribution is 5.75. The molecule has 0 atom stereocenters. The maximum atomic E-state index is 10.7. The van der Waals surface area contributed by atoms with E-state index in [9.17, 15) is 15.0 Å². The van der Waals surface area contributed by atoms with E-state index in [1.807, 2.05) is 0 Å². The van der Waals surface area contributed by atoms with Gasteiger partial charge in [-0.25, -0.2) is 0 Å². The highest BCUT2D eigenvalue weighted by Crippen LogP contribution is 2.36. The van der Waals surface area contributed by atoms with Crippen molar-refractivity contribution in [3.8, 4) is 17.2 Å². The third kappa shape index (κ3) is 1.85. The summed E-state index contributed by atoms with van der Waals surface area (Å²) >= 11 is 0. The highest BCUT2D eigenvalue weighted by atomic mass is 16.5. The Morgan fingerprint density at radius 1 is 1.43 bits per heavy atom. The molecule has 0 amide bonds. The first-order valence-electron chi connectivity index (χ1n) is 3.92. The number of aromatic hydroxyl groups is 2. The molecule has 1 rings (SSSR count). The van der Waals surface area contributed by atoms with Gasteiger partial charge in [-0.05, 0) is 12.1 Å². The molecule has 0 aliphatic carbocycles. The van der Waals surface area contributed by atoms with E-state index in [1.165, 1.54) is 25.1 Å². The molecule has 0 saturated carbocycles. The zero-order valence-electron chi connectivity index (χ0n) is 7.65. The summed E-state index contributed by atoms with van der Waals surface area (Å²) in [5.74, 6) is -0.969. The number of esters is 1. The van der Waals surface area contributed by atoms with Gasteiger partial charge in [0, 0.05) is 6.92 Å². The summed E-state index contributed by atoms with van der Waals surface area (Å²) in [6, 6.07) is 2.53. The van der Waals surface area contributed by atoms with Crippen LogP contribution in [0.4, 0.5) is 0 Å². The molecule has 4 nitrogen and oxygen atoms in total. The van der Waals surface area contributed by atoms with Gasteiger partial charge in [0.25, 0.3) is 0 Å². The number of rotatable bonds is 2. The summed E-state index contributed by atoms with van der Waals surface area (Å²) in [6.07, 6.45) is 1.30. The number of carbonyl (C=O) groups excluding carboxylic acids is 1. The highest BCUT2D eigenvalue weighted by Gasteiger charge is 2.13. The number of benzene rings is 1. The normalized spacial score (nSPS) is 9.50. The van der Waals surface area contributed by atoms with E-state index < -0.39 is 5.97 Å². The van der Waals surface area contributed by atoms with Crippen LogP contribution in [0.1, 0.15) is 12.5 Å². The summed E-state index contributed by atoms with van der Waals surface area (Å²) in [6.45, 7) is 4.64. The fourth-order valence-corrected chi connectivity index (χ4v) is 1.03. The Kier molecular flexibility index (Phi) is 2.76. The Morgan fingerprint density at radius 2 is 2.00 bits per heavy atom. The second-order valence-electron chi connectivity index (χ2n) is 2.64. The van der Waals surface area contributed by atoms with Crippen molar-refractivity contribution in [1.82, 2.24) is 0 Å². The van der Waals surface area contributed by atoms with Crippen LogP contribution >= 0.6 is 0 Å². The standard InChI is InChI=1S/C10H10O4/c1-3-7-8(12)4-5-9(13)10(7)14-6(2)11/h3-5,12-13H,1H2,2H3. The van der Waals surface area contributed by atoms with Gasteiger partial charge in [0.2, 0.25) is 0 Å². The maximum Gasteiger partial charge on any atom is 0.308 e. The Balaban J connectivity index is 3.29. The molecule has 4 heteroatoms. The van der Waals surface area contributed by atoms with E-state index in [4.69, 9.17) is 4.74 Å². The molecular formula is C10H10O4. The third-order valence-corrected chi connectivity index (χ3v) is 1.60. The largest absolute Gasteiger partial charge is 0.507 e. The summed E-state index contributed by atoms with van der Waals surface area (Å²) in [5.41, 5.74) is 0.195. The number of phenolic OH excluding ortho intramolecular Hbond substituents is 2. The zero-order valence-corrected chi connectivity index (χ0v) is 7.65. The van der Waals surface area contributed by atoms with Gasteiger partial charge in [-0.15, -0.1) is 0 Å². The second-order valence-corrected chi connectivity index (χ2v) is 2.64. The Labute approximate surface area is 81.1 Å². The van der Waals surface area contributed by atoms with Crippen molar-refractivity contribution < 1.29 is 19.7 Å². The van der Waals surface area contributed by atoms with Gasteiger partial charge < -0.3 is 14.9 Å². The van der Waals surface area contributed by atoms with Crippen LogP contribution < -0.4 is 4.74 Å². The number of ether oxygens (including phenoxy) is 1. The van der Waals surface area contributed by atoms with E-state index in [-0.39, 0.29) is 22.8 Å². The first-order chi connectivity index (χ1) is 6.56. The van der Waals surface area contributed by atoms with Crippen molar-refractivity contribution in [3.05, 3.63) is 24.3 Å². The van der Waals surface area contributed by atoms with E-state index in [1.54, 1.807) is 0 Å². The third-order valence-electron chi connectivity index (χ3n) is 1.60. The lowest BCUT2D eigenvalue weighted by atomic mass is 10.1. The van der Waals surface area contributed by atoms with Gasteiger partial charge >= 0.3 is 5.97 Å². The van der Waals surface area contributed by atoms with Crippen molar-refractivity contribution in [2.45, 2.75) is 6.92 Å². The maximum absolute atomic E-state index is 10.7. The summed E-state index contributed by atoms with van der Waals surface area (Å²) in [7, 11) is 0. The molecule has 0 radical (unpaired) electrons. The van der Waals surface area contributed by atoms with Crippen LogP contribution in [-0.4, -0.2) is 16.2 Å². The molecule has 0 fully saturated rings. The van der Waals surface area contributed by atoms with E-state index in [2.05, 4.69) is 6.58 Å². The molecule has 1 aromatic rings. The molecule has 0 unspecified atom stereocenters. The van der Waals surface area contributed by atoms with E-state index in [0.717, 1.165) is 0 Å². The van der Waals surface area contributed by atoms with Crippen LogP contribution in [0.25, 0.3) is 6.08 Å². The fourth-order valence-electron chi connectivity index (χ4n) is 1.03. The number of carbonyl (C=O) groups is 1. The first-order valence-corrected chi connectivity index (χ1v) is 3.92. The minimum Gasteiger partial charge on any atom is -0.507 e. The lowest BCUT2D eigenvalue weighted by molar-refractivity contribution is -0.132. The molecule has 14 heavy (non-hydrogen) atoms. The lowest BCUT2D eigenvalue weighted by Crippen LogP contribution is -2.03. The molecular weight excluding hydrogens is 184 g/mol. The molecule has 0 saturated heterocycles. The van der Waals surface area contributed by atoms with Crippen LogP contribution in [0.2, 0.25) is 0 Å². The van der Waals surface area contributed by atoms with Crippen molar-refractivity contribution in [3.63, 3.8) is 0 Å². The minimum absolute atomic E-state index is 0.0764. The van der Waals surface area contributed by atoms with Gasteiger partial charge in [-0.3, -0.25) is 4.79 Å². The SMILES string of the molecule is C=Cc1c(O)ccc(O)c1OC(C)=O. The van der Waals surface area contributed by atoms with Crippen molar-refractivity contribution in [1.29, 1.82) is 0 Å². The fraction of sp³-hybridized carbons (Fsp3) is 0.100. The summed E-state index contributed by atoms with van der Waals surface area (Å²) in [5, 5.41) is 18.7. The average Bonchev–Trinajstić information content (AvgIpc) is 2.11. The van der Waals surface area contributed by atoms with Crippen LogP contribution in [-0.2, 0) is 4.79 Å². The molecule has 0 aliphatic rings. The summed E-state index contributed by atoms with van der Waals surface area (Å²) < 4.78 is 4.73. The monoisotopic (exact) mass is 194 g/mol. The molecule has 0 spiro atoms. The Bertz CT molecular complexity index is 382. The van der Waals surface area contributed by atoms with E-state index >= 15 is 0 Å². The Hall–Kier alpha value is -1.97. The smallest absolute Gasteiger partial charge is 0.308 e. The van der Waals surface area contributed by atoms with Crippen LogP contribution in [0.5, 0.6) is 17.2 Å². The Morgan fingerprint density at radius 3 is 2.50 bits per heavy atom. The zero-order chi connectivity index (χ0) is 10.7. The number of hydrogen-bond donors (Lipinski definition) is 2. The van der Waals surface area contributed by atoms with Gasteiger partial charge in [0.1, 0.15) is 5.75 Å². The van der Waals surface area contributed by atoms with Crippen molar-refractivity contribution >= 4 is 12.0 Å². The van der Waals surface area contributed by atoms with Gasteiger partial charge in [-0.1, -0.05) is 12.7 Å². The van der Waals surface area contributed by atoms with Crippen molar-refractivity contribution in [2.24, 2.45) is 0 Å². The first kappa shape index (κ1) is 10.1. The second kappa shape index (κ2) is 3.83. The summed E-state index contributed by atoms with van der Waals surface area (Å²) in [4.78, 5) is 10.7. The quantitative estimate of drug-likeness (QED) is 0.427. The van der Waals surface area contributed by atoms with Gasteiger partial charge in [-0.2, -0.15) is 0 Å². The molecule has 0 aromatic heterocycles. The van der Waals surface area contributed by atoms with Crippen LogP contribution in [0, 0.1) is 0 Å². The molecule has 1 aromatic carbocycles. The van der Waals surface area contributed by atoms with Crippen LogP contribution in [0.3, 0.4) is 0 Å². The number of phenols is 2. The lowest BCUT2D eigenvalue weighted by Gasteiger charge is -2.08. The van der Waals surface area contributed by atoms with Crippen LogP contribution in [0.15, 0.2) is 18.7 Å². The molecule has 0 aliphatic heterocycles. The predicted molar refractivity (Wildman–Crippen MR) is 51.2 cm³/mol. The molecule has 74 valence electrons. The number of hydrogen-bond acceptors (Lipinski definition) is 4. The average molecular weight is 194 g/mol. The topological polar surface area (TPSA) is 66.8 Å². The van der Waals surface area contributed by atoms with Crippen molar-refractivity contribution in [2.75, 3.05) is 0 Å². The molecule has 0 heterocycles.